The van der Waals surface area contributed by atoms with Crippen molar-refractivity contribution >= 4 is 5.82 Å². The Balaban J connectivity index is 1.76. The SMILES string of the molecule is CCN1CCN(c2cc(-c3ccccc3F)c3c(n2)CCCCCC3)CC1. The topological polar surface area (TPSA) is 19.4 Å². The number of fused-ring (bicyclic) bond motifs is 1. The molecule has 2 aliphatic rings. The van der Waals surface area contributed by atoms with E-state index in [0.29, 0.717) is 0 Å². The highest BCUT2D eigenvalue weighted by atomic mass is 19.1. The molecule has 4 rings (SSSR count). The van der Waals surface area contributed by atoms with E-state index in [2.05, 4.69) is 22.8 Å². The third-order valence-electron chi connectivity index (χ3n) is 6.09. The summed E-state index contributed by atoms with van der Waals surface area (Å²) in [6.07, 6.45) is 6.91. The van der Waals surface area contributed by atoms with Crippen LogP contribution >= 0.6 is 0 Å². The number of nitrogens with zero attached hydrogens (tertiary/aromatic N) is 3. The van der Waals surface area contributed by atoms with Crippen LogP contribution in [0.3, 0.4) is 0 Å². The predicted molar refractivity (Wildman–Crippen MR) is 110 cm³/mol. The van der Waals surface area contributed by atoms with E-state index in [0.717, 1.165) is 62.5 Å². The minimum atomic E-state index is -0.130. The first-order valence-corrected chi connectivity index (χ1v) is 10.5. The standard InChI is InChI=1S/C23H30FN3/c1-2-26-13-15-27(16-14-26)23-17-20(18-9-7-8-11-21(18)24)19-10-5-3-4-6-12-22(19)25-23/h7-9,11,17H,2-6,10,12-16H2,1H3. The van der Waals surface area contributed by atoms with Crippen LogP contribution in [-0.4, -0.2) is 42.6 Å². The van der Waals surface area contributed by atoms with Gasteiger partial charge in [0.05, 0.1) is 0 Å². The normalized spacial score (nSPS) is 18.7. The molecule has 1 aliphatic heterocycles. The fourth-order valence-electron chi connectivity index (χ4n) is 4.42. The maximum Gasteiger partial charge on any atom is 0.131 e. The molecule has 27 heavy (non-hydrogen) atoms. The molecule has 3 nitrogen and oxygen atoms in total. The van der Waals surface area contributed by atoms with E-state index in [9.17, 15) is 4.39 Å². The summed E-state index contributed by atoms with van der Waals surface area (Å²) in [7, 11) is 0. The first-order valence-electron chi connectivity index (χ1n) is 10.5. The monoisotopic (exact) mass is 367 g/mol. The predicted octanol–water partition coefficient (Wildman–Crippen LogP) is 4.69. The second kappa shape index (κ2) is 8.39. The van der Waals surface area contributed by atoms with E-state index >= 15 is 0 Å². The molecular formula is C23H30FN3. The highest BCUT2D eigenvalue weighted by Crippen LogP contribution is 2.34. The largest absolute Gasteiger partial charge is 0.354 e. The van der Waals surface area contributed by atoms with Crippen molar-refractivity contribution in [3.05, 3.63) is 47.4 Å². The number of pyridine rings is 1. The Morgan fingerprint density at radius 1 is 0.926 bits per heavy atom. The summed E-state index contributed by atoms with van der Waals surface area (Å²) in [5.74, 6) is 0.901. The van der Waals surface area contributed by atoms with Gasteiger partial charge in [0.1, 0.15) is 11.6 Å². The summed E-state index contributed by atoms with van der Waals surface area (Å²) in [6.45, 7) is 7.46. The fourth-order valence-corrected chi connectivity index (χ4v) is 4.42. The van der Waals surface area contributed by atoms with Gasteiger partial charge in [-0.3, -0.25) is 0 Å². The van der Waals surface area contributed by atoms with Gasteiger partial charge in [0, 0.05) is 37.4 Å². The van der Waals surface area contributed by atoms with Gasteiger partial charge in [-0.2, -0.15) is 0 Å². The molecular weight excluding hydrogens is 337 g/mol. The molecule has 1 fully saturated rings. The number of hydrogen-bond acceptors (Lipinski definition) is 3. The maximum absolute atomic E-state index is 14.7. The molecule has 0 amide bonds. The van der Waals surface area contributed by atoms with Crippen molar-refractivity contribution in [2.24, 2.45) is 0 Å². The van der Waals surface area contributed by atoms with Crippen molar-refractivity contribution in [1.29, 1.82) is 0 Å². The molecule has 0 bridgehead atoms. The van der Waals surface area contributed by atoms with Gasteiger partial charge in [-0.15, -0.1) is 0 Å². The zero-order valence-electron chi connectivity index (χ0n) is 16.4. The second-order valence-corrected chi connectivity index (χ2v) is 7.77. The van der Waals surface area contributed by atoms with Crippen LogP contribution in [-0.2, 0) is 12.8 Å². The zero-order valence-corrected chi connectivity index (χ0v) is 16.4. The van der Waals surface area contributed by atoms with E-state index < -0.39 is 0 Å². The first-order chi connectivity index (χ1) is 13.3. The molecule has 0 atom stereocenters. The quantitative estimate of drug-likeness (QED) is 0.785. The van der Waals surface area contributed by atoms with Gasteiger partial charge in [-0.25, -0.2) is 9.37 Å². The molecule has 2 heterocycles. The van der Waals surface area contributed by atoms with Gasteiger partial charge >= 0.3 is 0 Å². The number of rotatable bonds is 3. The number of anilines is 1. The minimum Gasteiger partial charge on any atom is -0.354 e. The van der Waals surface area contributed by atoms with Crippen molar-refractivity contribution in [1.82, 2.24) is 9.88 Å². The van der Waals surface area contributed by atoms with Gasteiger partial charge < -0.3 is 9.80 Å². The van der Waals surface area contributed by atoms with Crippen LogP contribution in [0.1, 0.15) is 43.9 Å². The molecule has 4 heteroatoms. The summed E-state index contributed by atoms with van der Waals surface area (Å²) in [4.78, 5) is 9.95. The van der Waals surface area contributed by atoms with Gasteiger partial charge in [-0.05, 0) is 55.5 Å². The molecule has 2 aromatic rings. The molecule has 1 aromatic carbocycles. The molecule has 0 N–H and O–H groups in total. The number of hydrogen-bond donors (Lipinski definition) is 0. The van der Waals surface area contributed by atoms with Crippen LogP contribution in [0.15, 0.2) is 30.3 Å². The number of piperazine rings is 1. The third kappa shape index (κ3) is 4.01. The lowest BCUT2D eigenvalue weighted by Crippen LogP contribution is -2.46. The lowest BCUT2D eigenvalue weighted by molar-refractivity contribution is 0.270. The molecule has 0 unspecified atom stereocenters. The Morgan fingerprint density at radius 2 is 1.67 bits per heavy atom. The zero-order chi connectivity index (χ0) is 18.6. The van der Waals surface area contributed by atoms with Gasteiger partial charge in [0.15, 0.2) is 0 Å². The lowest BCUT2D eigenvalue weighted by Gasteiger charge is -2.35. The molecule has 0 spiro atoms. The van der Waals surface area contributed by atoms with E-state index in [1.807, 2.05) is 12.1 Å². The van der Waals surface area contributed by atoms with Crippen LogP contribution in [0.25, 0.3) is 11.1 Å². The van der Waals surface area contributed by atoms with Gasteiger partial charge in [0.2, 0.25) is 0 Å². The highest BCUT2D eigenvalue weighted by molar-refractivity contribution is 5.72. The van der Waals surface area contributed by atoms with Crippen molar-refractivity contribution < 1.29 is 4.39 Å². The molecule has 0 radical (unpaired) electrons. The van der Waals surface area contributed by atoms with Crippen molar-refractivity contribution in [3.63, 3.8) is 0 Å². The third-order valence-corrected chi connectivity index (χ3v) is 6.09. The van der Waals surface area contributed by atoms with Crippen molar-refractivity contribution in [2.75, 3.05) is 37.6 Å². The van der Waals surface area contributed by atoms with Crippen molar-refractivity contribution in [2.45, 2.75) is 45.4 Å². The molecule has 1 aromatic heterocycles. The Kier molecular flexibility index (Phi) is 5.72. The van der Waals surface area contributed by atoms with E-state index in [4.69, 9.17) is 4.98 Å². The van der Waals surface area contributed by atoms with Crippen LogP contribution in [0.5, 0.6) is 0 Å². The number of aryl methyl sites for hydroxylation is 1. The summed E-state index contributed by atoms with van der Waals surface area (Å²) in [6, 6.07) is 9.36. The summed E-state index contributed by atoms with van der Waals surface area (Å²) >= 11 is 0. The maximum atomic E-state index is 14.7. The van der Waals surface area contributed by atoms with Gasteiger partial charge in [0.25, 0.3) is 0 Å². The Bertz CT molecular complexity index is 781. The van der Waals surface area contributed by atoms with Crippen molar-refractivity contribution in [3.8, 4) is 11.1 Å². The average Bonchev–Trinajstić information content (AvgIpc) is 2.68. The molecule has 1 aliphatic carbocycles. The van der Waals surface area contributed by atoms with E-state index in [1.165, 1.54) is 36.9 Å². The van der Waals surface area contributed by atoms with Crippen LogP contribution in [0.4, 0.5) is 10.2 Å². The van der Waals surface area contributed by atoms with Crippen LogP contribution < -0.4 is 4.90 Å². The summed E-state index contributed by atoms with van der Waals surface area (Å²) in [5, 5.41) is 0. The Hall–Kier alpha value is -1.94. The van der Waals surface area contributed by atoms with E-state index in [1.54, 1.807) is 12.1 Å². The lowest BCUT2D eigenvalue weighted by atomic mass is 9.90. The number of halogens is 1. The molecule has 144 valence electrons. The summed E-state index contributed by atoms with van der Waals surface area (Å²) < 4.78 is 14.7. The average molecular weight is 368 g/mol. The molecule has 1 saturated heterocycles. The number of likely N-dealkylation sites (N-methyl/N-ethyl adjacent to an activating group) is 1. The smallest absolute Gasteiger partial charge is 0.131 e. The molecule has 0 saturated carbocycles. The number of benzene rings is 1. The van der Waals surface area contributed by atoms with Crippen LogP contribution in [0.2, 0.25) is 0 Å². The van der Waals surface area contributed by atoms with Crippen LogP contribution in [0, 0.1) is 5.82 Å². The Labute approximate surface area is 162 Å². The summed E-state index contributed by atoms with van der Waals surface area (Å²) in [5.41, 5.74) is 4.26. The second-order valence-electron chi connectivity index (χ2n) is 7.77. The highest BCUT2D eigenvalue weighted by Gasteiger charge is 2.22. The van der Waals surface area contributed by atoms with E-state index in [-0.39, 0.29) is 5.82 Å². The fraction of sp³-hybridized carbons (Fsp3) is 0.522. The number of aromatic nitrogens is 1. The first kappa shape index (κ1) is 18.4. The van der Waals surface area contributed by atoms with Gasteiger partial charge in [-0.1, -0.05) is 38.0 Å². The Morgan fingerprint density at radius 3 is 2.41 bits per heavy atom. The minimum absolute atomic E-state index is 0.130.